The highest BCUT2D eigenvalue weighted by atomic mass is 35.5. The fraction of sp³-hybridized carbons (Fsp3) is 0.211. The van der Waals surface area contributed by atoms with Crippen molar-refractivity contribution in [1.29, 1.82) is 0 Å². The largest absolute Gasteiger partial charge is 0.465 e. The van der Waals surface area contributed by atoms with Crippen LogP contribution in [0, 0.1) is 0 Å². The summed E-state index contributed by atoms with van der Waals surface area (Å²) in [7, 11) is 2.59. The van der Waals surface area contributed by atoms with Gasteiger partial charge in [0.1, 0.15) is 0 Å². The highest BCUT2D eigenvalue weighted by Gasteiger charge is 2.10. The molecular weight excluding hydrogens is 372 g/mol. The van der Waals surface area contributed by atoms with Gasteiger partial charge in [0, 0.05) is 18.7 Å². The minimum Gasteiger partial charge on any atom is -0.465 e. The summed E-state index contributed by atoms with van der Waals surface area (Å²) in [6.07, 6.45) is 0.154. The van der Waals surface area contributed by atoms with Crippen molar-refractivity contribution >= 4 is 40.8 Å². The lowest BCUT2D eigenvalue weighted by atomic mass is 10.2. The van der Waals surface area contributed by atoms with Gasteiger partial charge in [-0.05, 0) is 36.4 Å². The minimum atomic E-state index is -0.479. The molecule has 0 radical (unpaired) electrons. The van der Waals surface area contributed by atoms with Crippen LogP contribution >= 0.6 is 11.6 Å². The van der Waals surface area contributed by atoms with Crippen molar-refractivity contribution in [1.82, 2.24) is 0 Å². The van der Waals surface area contributed by atoms with Crippen molar-refractivity contribution in [2.75, 3.05) is 31.4 Å². The maximum absolute atomic E-state index is 12.1. The van der Waals surface area contributed by atoms with Crippen molar-refractivity contribution < 1.29 is 23.9 Å². The molecule has 1 amide bonds. The van der Waals surface area contributed by atoms with E-state index in [0.717, 1.165) is 0 Å². The van der Waals surface area contributed by atoms with Crippen LogP contribution in [-0.2, 0) is 14.3 Å². The number of benzene rings is 2. The number of halogens is 1. The fourth-order valence-electron chi connectivity index (χ4n) is 2.28. The highest BCUT2D eigenvalue weighted by molar-refractivity contribution is 6.33. The number of anilines is 2. The summed E-state index contributed by atoms with van der Waals surface area (Å²) in [4.78, 5) is 35.2. The van der Waals surface area contributed by atoms with E-state index in [9.17, 15) is 14.4 Å². The van der Waals surface area contributed by atoms with Crippen molar-refractivity contribution in [2.45, 2.75) is 6.42 Å². The van der Waals surface area contributed by atoms with Crippen LogP contribution in [0.4, 0.5) is 11.4 Å². The number of carbonyl (C=O) groups is 3. The molecule has 0 aliphatic carbocycles. The first-order chi connectivity index (χ1) is 12.9. The summed E-state index contributed by atoms with van der Waals surface area (Å²) in [5, 5.41) is 6.15. The summed E-state index contributed by atoms with van der Waals surface area (Å²) >= 11 is 6.09. The summed E-state index contributed by atoms with van der Waals surface area (Å²) < 4.78 is 9.32. The Morgan fingerprint density at radius 1 is 0.963 bits per heavy atom. The molecule has 0 saturated heterocycles. The third-order valence-corrected chi connectivity index (χ3v) is 3.95. The number of carbonyl (C=O) groups excluding carboxylic acids is 3. The topological polar surface area (TPSA) is 93.7 Å². The molecule has 0 aliphatic heterocycles. The SMILES string of the molecule is COC(=O)c1cccc(NC(=O)CCNc2cc(C(=O)OC)ccc2Cl)c1. The Morgan fingerprint density at radius 2 is 1.63 bits per heavy atom. The molecular formula is C19H19ClN2O5. The van der Waals surface area contributed by atoms with E-state index in [1.165, 1.54) is 20.3 Å². The molecule has 8 heteroatoms. The Bertz CT molecular complexity index is 854. The molecule has 7 nitrogen and oxygen atoms in total. The van der Waals surface area contributed by atoms with Gasteiger partial charge in [0.05, 0.1) is 36.1 Å². The zero-order valence-corrected chi connectivity index (χ0v) is 15.6. The van der Waals surface area contributed by atoms with E-state index in [0.29, 0.717) is 34.1 Å². The van der Waals surface area contributed by atoms with Crippen LogP contribution < -0.4 is 10.6 Å². The molecule has 0 atom stereocenters. The van der Waals surface area contributed by atoms with Gasteiger partial charge in [-0.3, -0.25) is 4.79 Å². The van der Waals surface area contributed by atoms with E-state index in [4.69, 9.17) is 11.6 Å². The van der Waals surface area contributed by atoms with E-state index in [2.05, 4.69) is 20.1 Å². The Morgan fingerprint density at radius 3 is 2.30 bits per heavy atom. The van der Waals surface area contributed by atoms with Gasteiger partial charge < -0.3 is 20.1 Å². The maximum Gasteiger partial charge on any atom is 0.337 e. The first kappa shape index (κ1) is 20.3. The van der Waals surface area contributed by atoms with Crippen molar-refractivity contribution in [3.8, 4) is 0 Å². The van der Waals surface area contributed by atoms with Crippen LogP contribution in [0.25, 0.3) is 0 Å². The molecule has 142 valence electrons. The number of methoxy groups -OCH3 is 2. The van der Waals surface area contributed by atoms with E-state index in [1.54, 1.807) is 36.4 Å². The van der Waals surface area contributed by atoms with Crippen LogP contribution in [0.3, 0.4) is 0 Å². The van der Waals surface area contributed by atoms with Crippen LogP contribution in [0.15, 0.2) is 42.5 Å². The molecule has 0 bridgehead atoms. The van der Waals surface area contributed by atoms with Gasteiger partial charge >= 0.3 is 11.9 Å². The van der Waals surface area contributed by atoms with Crippen LogP contribution in [-0.4, -0.2) is 38.6 Å². The zero-order chi connectivity index (χ0) is 19.8. The lowest BCUT2D eigenvalue weighted by Crippen LogP contribution is -2.17. The molecule has 27 heavy (non-hydrogen) atoms. The molecule has 0 fully saturated rings. The number of hydrogen-bond donors (Lipinski definition) is 2. The second-order valence-corrected chi connectivity index (χ2v) is 5.89. The smallest absolute Gasteiger partial charge is 0.337 e. The molecule has 0 spiro atoms. The predicted molar refractivity (Wildman–Crippen MR) is 102 cm³/mol. The van der Waals surface area contributed by atoms with Crippen LogP contribution in [0.1, 0.15) is 27.1 Å². The summed E-state index contributed by atoms with van der Waals surface area (Å²) in [6, 6.07) is 11.2. The first-order valence-electron chi connectivity index (χ1n) is 8.04. The number of ether oxygens (including phenoxy) is 2. The van der Waals surface area contributed by atoms with Crippen molar-refractivity contribution in [3.05, 3.63) is 58.6 Å². The van der Waals surface area contributed by atoms with Gasteiger partial charge in [0.25, 0.3) is 0 Å². The first-order valence-corrected chi connectivity index (χ1v) is 8.42. The molecule has 2 aromatic rings. The Balaban J connectivity index is 1.91. The molecule has 0 aromatic heterocycles. The van der Waals surface area contributed by atoms with Gasteiger partial charge in [0.2, 0.25) is 5.91 Å². The summed E-state index contributed by atoms with van der Waals surface area (Å²) in [5.41, 5.74) is 1.72. The lowest BCUT2D eigenvalue weighted by Gasteiger charge is -2.10. The van der Waals surface area contributed by atoms with Crippen molar-refractivity contribution in [2.24, 2.45) is 0 Å². The summed E-state index contributed by atoms with van der Waals surface area (Å²) in [6.45, 7) is 0.298. The van der Waals surface area contributed by atoms with Crippen LogP contribution in [0.2, 0.25) is 5.02 Å². The average Bonchev–Trinajstić information content (AvgIpc) is 2.68. The van der Waals surface area contributed by atoms with Crippen LogP contribution in [0.5, 0.6) is 0 Å². The quantitative estimate of drug-likeness (QED) is 0.704. The van der Waals surface area contributed by atoms with Gasteiger partial charge in [-0.1, -0.05) is 17.7 Å². The fourth-order valence-corrected chi connectivity index (χ4v) is 2.47. The number of rotatable bonds is 7. The molecule has 0 saturated carbocycles. The third kappa shape index (κ3) is 5.72. The average molecular weight is 391 g/mol. The molecule has 2 N–H and O–H groups in total. The number of nitrogens with one attached hydrogen (secondary N) is 2. The molecule has 2 aromatic carbocycles. The second kappa shape index (κ2) is 9.59. The molecule has 0 heterocycles. The molecule has 0 unspecified atom stereocenters. The van der Waals surface area contributed by atoms with Gasteiger partial charge in [0.15, 0.2) is 0 Å². The molecule has 2 rings (SSSR count). The zero-order valence-electron chi connectivity index (χ0n) is 14.9. The van der Waals surface area contributed by atoms with E-state index < -0.39 is 11.9 Å². The minimum absolute atomic E-state index is 0.154. The summed E-state index contributed by atoms with van der Waals surface area (Å²) in [5.74, 6) is -1.20. The van der Waals surface area contributed by atoms with Crippen molar-refractivity contribution in [3.63, 3.8) is 0 Å². The third-order valence-electron chi connectivity index (χ3n) is 3.62. The van der Waals surface area contributed by atoms with E-state index >= 15 is 0 Å². The molecule has 0 aliphatic rings. The van der Waals surface area contributed by atoms with Gasteiger partial charge in [-0.2, -0.15) is 0 Å². The van der Waals surface area contributed by atoms with E-state index in [-0.39, 0.29) is 12.3 Å². The Hall–Kier alpha value is -3.06. The van der Waals surface area contributed by atoms with Gasteiger partial charge in [-0.25, -0.2) is 9.59 Å². The second-order valence-electron chi connectivity index (χ2n) is 5.48. The monoisotopic (exact) mass is 390 g/mol. The van der Waals surface area contributed by atoms with E-state index in [1.807, 2.05) is 0 Å². The number of hydrogen-bond acceptors (Lipinski definition) is 6. The lowest BCUT2D eigenvalue weighted by molar-refractivity contribution is -0.115. The maximum atomic E-state index is 12.1. The highest BCUT2D eigenvalue weighted by Crippen LogP contribution is 2.23. The number of amides is 1. The Kier molecular flexibility index (Phi) is 7.19. The normalized spacial score (nSPS) is 10.0. The standard InChI is InChI=1S/C19H19ClN2O5/c1-26-18(24)12-4-3-5-14(10-12)22-17(23)8-9-21-16-11-13(19(25)27-2)6-7-15(16)20/h3-7,10-11,21H,8-9H2,1-2H3,(H,22,23). The predicted octanol–water partition coefficient (Wildman–Crippen LogP) is 3.35. The number of esters is 2. The Labute approximate surface area is 161 Å². The van der Waals surface area contributed by atoms with Gasteiger partial charge in [-0.15, -0.1) is 0 Å².